The summed E-state index contributed by atoms with van der Waals surface area (Å²) in [5.74, 6) is 0. The van der Waals surface area contributed by atoms with Gasteiger partial charge in [0.15, 0.2) is 0 Å². The summed E-state index contributed by atoms with van der Waals surface area (Å²) in [6.45, 7) is 1.87. The molecule has 1 aromatic carbocycles. The van der Waals surface area contributed by atoms with Crippen LogP contribution >= 0.6 is 11.3 Å². The lowest BCUT2D eigenvalue weighted by Gasteiger charge is -2.24. The van der Waals surface area contributed by atoms with Crippen LogP contribution in [0, 0.1) is 0 Å². The minimum Gasteiger partial charge on any atom is -0.223 e. The van der Waals surface area contributed by atoms with Gasteiger partial charge in [0.1, 0.15) is 16.9 Å². The maximum absolute atomic E-state index is 12.6. The zero-order chi connectivity index (χ0) is 16.4. The molecule has 2 heterocycles. The monoisotopic (exact) mass is 348 g/mol. The van der Waals surface area contributed by atoms with Crippen molar-refractivity contribution < 1.29 is 8.42 Å². The Hall–Kier alpha value is -2.03. The Morgan fingerprint density at radius 3 is 2.52 bits per heavy atom. The zero-order valence-corrected chi connectivity index (χ0v) is 14.3. The normalized spacial score (nSPS) is 13.3. The molecule has 0 bridgehead atoms. The summed E-state index contributed by atoms with van der Waals surface area (Å²) in [6.07, 6.45) is 3.09. The van der Waals surface area contributed by atoms with E-state index in [-0.39, 0.29) is 6.04 Å². The largest absolute Gasteiger partial charge is 0.252 e. The lowest BCUT2D eigenvalue weighted by atomic mass is 10.1. The Bertz CT molecular complexity index is 857. The maximum Gasteiger partial charge on any atom is 0.252 e. The minimum atomic E-state index is -3.47. The van der Waals surface area contributed by atoms with Crippen LogP contribution in [0.2, 0.25) is 0 Å². The predicted molar refractivity (Wildman–Crippen MR) is 89.0 cm³/mol. The molecule has 0 fully saturated rings. The van der Waals surface area contributed by atoms with Crippen LogP contribution in [-0.2, 0) is 10.0 Å². The van der Waals surface area contributed by atoms with Crippen LogP contribution < -0.4 is 0 Å². The number of hydrogen-bond donors (Lipinski definition) is 0. The first-order chi connectivity index (χ1) is 11.0. The second-order valence-corrected chi connectivity index (χ2v) is 8.23. The summed E-state index contributed by atoms with van der Waals surface area (Å²) in [5, 5.41) is 5.83. The predicted octanol–water partition coefficient (Wildman–Crippen LogP) is 2.71. The van der Waals surface area contributed by atoms with Crippen molar-refractivity contribution in [2.75, 3.05) is 7.05 Å². The van der Waals surface area contributed by atoms with E-state index < -0.39 is 10.0 Å². The van der Waals surface area contributed by atoms with Gasteiger partial charge in [-0.05, 0) is 36.1 Å². The lowest BCUT2D eigenvalue weighted by molar-refractivity contribution is 0.399. The van der Waals surface area contributed by atoms with Crippen LogP contribution in [0.1, 0.15) is 18.5 Å². The van der Waals surface area contributed by atoms with Gasteiger partial charge < -0.3 is 0 Å². The van der Waals surface area contributed by atoms with E-state index in [9.17, 15) is 8.42 Å². The van der Waals surface area contributed by atoms with E-state index in [4.69, 9.17) is 0 Å². The Morgan fingerprint density at radius 2 is 1.96 bits per heavy atom. The molecule has 23 heavy (non-hydrogen) atoms. The number of sulfonamides is 1. The summed E-state index contributed by atoms with van der Waals surface area (Å²) in [7, 11) is -1.87. The molecule has 0 aliphatic heterocycles. The smallest absolute Gasteiger partial charge is 0.223 e. The molecule has 0 N–H and O–H groups in total. The maximum atomic E-state index is 12.6. The second kappa shape index (κ2) is 6.23. The molecule has 1 atom stereocenters. The van der Waals surface area contributed by atoms with Gasteiger partial charge in [0.2, 0.25) is 0 Å². The molecular formula is C15H16N4O2S2. The Balaban J connectivity index is 1.84. The van der Waals surface area contributed by atoms with Crippen LogP contribution in [0.25, 0.3) is 5.69 Å². The highest BCUT2D eigenvalue weighted by atomic mass is 32.2. The summed E-state index contributed by atoms with van der Waals surface area (Å²) < 4.78 is 28.5. The Morgan fingerprint density at radius 1 is 1.22 bits per heavy atom. The third-order valence-electron chi connectivity index (χ3n) is 3.73. The fraction of sp³-hybridized carbons (Fsp3) is 0.200. The molecular weight excluding hydrogens is 332 g/mol. The fourth-order valence-corrected chi connectivity index (χ4v) is 4.74. The molecule has 0 amide bonds. The summed E-state index contributed by atoms with van der Waals surface area (Å²) >= 11 is 1.22. The first kappa shape index (κ1) is 15.9. The molecule has 6 nitrogen and oxygen atoms in total. The van der Waals surface area contributed by atoms with E-state index in [0.29, 0.717) is 4.21 Å². The van der Waals surface area contributed by atoms with Crippen LogP contribution in [0.3, 0.4) is 0 Å². The van der Waals surface area contributed by atoms with Gasteiger partial charge >= 0.3 is 0 Å². The fourth-order valence-electron chi connectivity index (χ4n) is 2.22. The van der Waals surface area contributed by atoms with Crippen LogP contribution in [0.5, 0.6) is 0 Å². The number of nitrogens with zero attached hydrogens (tertiary/aromatic N) is 4. The van der Waals surface area contributed by atoms with Crippen molar-refractivity contribution in [1.82, 2.24) is 19.1 Å². The first-order valence-electron chi connectivity index (χ1n) is 6.96. The summed E-state index contributed by atoms with van der Waals surface area (Å²) in [5.41, 5.74) is 1.79. The number of thiophene rings is 1. The van der Waals surface area contributed by atoms with Crippen molar-refractivity contribution in [1.29, 1.82) is 0 Å². The highest BCUT2D eigenvalue weighted by Gasteiger charge is 2.27. The summed E-state index contributed by atoms with van der Waals surface area (Å²) in [4.78, 5) is 3.91. The topological polar surface area (TPSA) is 68.1 Å². The first-order valence-corrected chi connectivity index (χ1v) is 9.28. The molecule has 0 radical (unpaired) electrons. The molecule has 0 aliphatic rings. The molecule has 1 unspecified atom stereocenters. The number of hydrogen-bond acceptors (Lipinski definition) is 5. The van der Waals surface area contributed by atoms with Crippen molar-refractivity contribution in [2.24, 2.45) is 0 Å². The van der Waals surface area contributed by atoms with Crippen molar-refractivity contribution in [3.8, 4) is 5.69 Å². The molecule has 0 aliphatic carbocycles. The zero-order valence-electron chi connectivity index (χ0n) is 12.7. The van der Waals surface area contributed by atoms with Crippen molar-refractivity contribution in [3.05, 3.63) is 60.0 Å². The van der Waals surface area contributed by atoms with Gasteiger partial charge in [-0.15, -0.1) is 11.3 Å². The van der Waals surface area contributed by atoms with Crippen molar-refractivity contribution in [3.63, 3.8) is 0 Å². The van der Waals surface area contributed by atoms with E-state index in [1.54, 1.807) is 35.6 Å². The van der Waals surface area contributed by atoms with Crippen LogP contribution in [-0.4, -0.2) is 34.5 Å². The van der Waals surface area contributed by atoms with Gasteiger partial charge in [0, 0.05) is 13.1 Å². The van der Waals surface area contributed by atoms with Gasteiger partial charge in [0.25, 0.3) is 10.0 Å². The molecule has 0 spiro atoms. The molecule has 0 saturated heterocycles. The molecule has 3 aromatic rings. The standard InChI is InChI=1S/C15H16N4O2S2/c1-12(18(2)23(20,21)15-4-3-9-22-15)13-5-7-14(8-6-13)19-11-16-10-17-19/h3-12H,1-2H3. The van der Waals surface area contributed by atoms with Gasteiger partial charge in [-0.3, -0.25) is 0 Å². The highest BCUT2D eigenvalue weighted by molar-refractivity contribution is 7.91. The van der Waals surface area contributed by atoms with E-state index >= 15 is 0 Å². The van der Waals surface area contributed by atoms with Crippen molar-refractivity contribution in [2.45, 2.75) is 17.2 Å². The number of aromatic nitrogens is 3. The van der Waals surface area contributed by atoms with Gasteiger partial charge in [-0.2, -0.15) is 9.40 Å². The average molecular weight is 348 g/mol. The van der Waals surface area contributed by atoms with Gasteiger partial charge in [-0.25, -0.2) is 18.1 Å². The minimum absolute atomic E-state index is 0.271. The van der Waals surface area contributed by atoms with Gasteiger partial charge in [-0.1, -0.05) is 18.2 Å². The molecule has 0 saturated carbocycles. The number of rotatable bonds is 5. The third-order valence-corrected chi connectivity index (χ3v) is 7.03. The molecule has 2 aromatic heterocycles. The van der Waals surface area contributed by atoms with Gasteiger partial charge in [0.05, 0.1) is 5.69 Å². The highest BCUT2D eigenvalue weighted by Crippen LogP contribution is 2.28. The summed E-state index contributed by atoms with van der Waals surface area (Å²) in [6, 6.07) is 10.7. The molecule has 120 valence electrons. The third kappa shape index (κ3) is 3.05. The quantitative estimate of drug-likeness (QED) is 0.711. The molecule has 8 heteroatoms. The lowest BCUT2D eigenvalue weighted by Crippen LogP contribution is -2.29. The van der Waals surface area contributed by atoms with Crippen LogP contribution in [0.15, 0.2) is 58.6 Å². The molecule has 3 rings (SSSR count). The van der Waals surface area contributed by atoms with Crippen molar-refractivity contribution >= 4 is 21.4 Å². The second-order valence-electron chi connectivity index (χ2n) is 5.06. The van der Waals surface area contributed by atoms with Crippen LogP contribution in [0.4, 0.5) is 0 Å². The average Bonchev–Trinajstić information content (AvgIpc) is 3.26. The Labute approximate surface area is 139 Å². The SMILES string of the molecule is CC(c1ccc(-n2cncn2)cc1)N(C)S(=O)(=O)c1cccs1. The Kier molecular flexibility index (Phi) is 4.29. The van der Waals surface area contributed by atoms with E-state index in [1.807, 2.05) is 31.2 Å². The van der Waals surface area contributed by atoms with E-state index in [2.05, 4.69) is 10.1 Å². The van der Waals surface area contributed by atoms with E-state index in [0.717, 1.165) is 11.3 Å². The number of benzene rings is 1. The van der Waals surface area contributed by atoms with E-state index in [1.165, 1.54) is 22.0 Å².